The van der Waals surface area contributed by atoms with Crippen molar-refractivity contribution in [1.82, 2.24) is 0 Å². The molecule has 0 bridgehead atoms. The number of carbonyl (C=O) groups excluding carboxylic acids is 1. The van der Waals surface area contributed by atoms with Gasteiger partial charge in [0.25, 0.3) is 5.91 Å². The number of halogens is 3. The van der Waals surface area contributed by atoms with E-state index in [0.717, 1.165) is 0 Å². The zero-order chi connectivity index (χ0) is 20.8. The highest BCUT2D eigenvalue weighted by Gasteiger charge is 2.14. The summed E-state index contributed by atoms with van der Waals surface area (Å²) in [7, 11) is 0. The maximum atomic E-state index is 12.4. The Balaban J connectivity index is 2.28. The van der Waals surface area contributed by atoms with Crippen LogP contribution in [0.25, 0.3) is 6.08 Å². The van der Waals surface area contributed by atoms with Crippen LogP contribution < -0.4 is 10.1 Å². The van der Waals surface area contributed by atoms with E-state index in [4.69, 9.17) is 33.0 Å². The SMILES string of the molecule is Cc1c(Cl)cccc1NC(=O)/C(C#N)=C\c1cc(Cl)c(OCC(=O)O)c(Br)c1. The lowest BCUT2D eigenvalue weighted by atomic mass is 10.1. The molecule has 2 aromatic rings. The number of benzene rings is 2. The van der Waals surface area contributed by atoms with Crippen LogP contribution in [0.3, 0.4) is 0 Å². The Morgan fingerprint density at radius 2 is 2.04 bits per heavy atom. The first kappa shape index (κ1) is 21.8. The molecule has 2 rings (SSSR count). The number of nitriles is 1. The monoisotopic (exact) mass is 482 g/mol. The summed E-state index contributed by atoms with van der Waals surface area (Å²) < 4.78 is 5.50. The number of carboxylic acids is 1. The second-order valence-electron chi connectivity index (χ2n) is 5.53. The summed E-state index contributed by atoms with van der Waals surface area (Å²) in [4.78, 5) is 23.1. The average molecular weight is 484 g/mol. The number of anilines is 1. The van der Waals surface area contributed by atoms with E-state index < -0.39 is 18.5 Å². The van der Waals surface area contributed by atoms with Gasteiger partial charge < -0.3 is 15.2 Å². The number of hydrogen-bond donors (Lipinski definition) is 2. The lowest BCUT2D eigenvalue weighted by molar-refractivity contribution is -0.139. The molecule has 0 saturated carbocycles. The van der Waals surface area contributed by atoms with Gasteiger partial charge in [0.15, 0.2) is 12.4 Å². The summed E-state index contributed by atoms with van der Waals surface area (Å²) >= 11 is 15.4. The van der Waals surface area contributed by atoms with E-state index in [1.807, 2.05) is 6.07 Å². The minimum Gasteiger partial charge on any atom is -0.479 e. The van der Waals surface area contributed by atoms with Gasteiger partial charge in [-0.2, -0.15) is 5.26 Å². The molecule has 0 aliphatic heterocycles. The number of hydrogen-bond acceptors (Lipinski definition) is 4. The average Bonchev–Trinajstić information content (AvgIpc) is 2.62. The number of nitrogens with one attached hydrogen (secondary N) is 1. The maximum absolute atomic E-state index is 12.4. The molecular formula is C19H13BrCl2N2O4. The summed E-state index contributed by atoms with van der Waals surface area (Å²) in [6.45, 7) is 1.19. The Labute approximate surface area is 179 Å². The highest BCUT2D eigenvalue weighted by Crippen LogP contribution is 2.35. The zero-order valence-electron chi connectivity index (χ0n) is 14.4. The normalized spacial score (nSPS) is 10.9. The molecule has 0 atom stereocenters. The molecule has 9 heteroatoms. The number of carboxylic acid groups (broad SMARTS) is 1. The van der Waals surface area contributed by atoms with Crippen molar-refractivity contribution in [2.24, 2.45) is 0 Å². The second-order valence-corrected chi connectivity index (χ2v) is 7.20. The van der Waals surface area contributed by atoms with Crippen LogP contribution in [0, 0.1) is 18.3 Å². The van der Waals surface area contributed by atoms with Crippen molar-refractivity contribution in [1.29, 1.82) is 5.26 Å². The van der Waals surface area contributed by atoms with Crippen molar-refractivity contribution in [3.8, 4) is 11.8 Å². The van der Waals surface area contributed by atoms with E-state index in [1.165, 1.54) is 12.1 Å². The standard InChI is InChI=1S/C19H13BrCl2N2O4/c1-10-14(21)3-2-4-16(10)24-19(27)12(8-23)5-11-6-13(20)18(15(22)7-11)28-9-17(25)26/h2-7H,9H2,1H3,(H,24,27)(H,25,26)/b12-5-. The van der Waals surface area contributed by atoms with Crippen molar-refractivity contribution in [2.75, 3.05) is 11.9 Å². The van der Waals surface area contributed by atoms with Crippen molar-refractivity contribution in [2.45, 2.75) is 6.92 Å². The lowest BCUT2D eigenvalue weighted by Crippen LogP contribution is -2.14. The van der Waals surface area contributed by atoms with Crippen molar-refractivity contribution >= 4 is 62.8 Å². The molecule has 0 aromatic heterocycles. The minimum absolute atomic E-state index is 0.130. The number of ether oxygens (including phenoxy) is 1. The van der Waals surface area contributed by atoms with E-state index >= 15 is 0 Å². The molecule has 0 aliphatic carbocycles. The van der Waals surface area contributed by atoms with E-state index in [0.29, 0.717) is 26.3 Å². The molecule has 2 aromatic carbocycles. The number of rotatable bonds is 6. The first-order valence-electron chi connectivity index (χ1n) is 7.74. The molecule has 0 saturated heterocycles. The van der Waals surface area contributed by atoms with Crippen LogP contribution in [0.2, 0.25) is 10.0 Å². The predicted molar refractivity (Wildman–Crippen MR) is 111 cm³/mol. The largest absolute Gasteiger partial charge is 0.479 e. The summed E-state index contributed by atoms with van der Waals surface area (Å²) in [6.07, 6.45) is 1.35. The van der Waals surface area contributed by atoms with Crippen molar-refractivity contribution in [3.63, 3.8) is 0 Å². The number of carbonyl (C=O) groups is 2. The molecular weight excluding hydrogens is 471 g/mol. The van der Waals surface area contributed by atoms with Gasteiger partial charge in [-0.15, -0.1) is 0 Å². The van der Waals surface area contributed by atoms with Crippen LogP contribution in [0.1, 0.15) is 11.1 Å². The molecule has 28 heavy (non-hydrogen) atoms. The third-order valence-electron chi connectivity index (χ3n) is 3.55. The number of amides is 1. The van der Waals surface area contributed by atoms with Crippen LogP contribution in [-0.4, -0.2) is 23.6 Å². The molecule has 0 spiro atoms. The summed E-state index contributed by atoms with van der Waals surface area (Å²) in [5, 5.41) is 21.3. The van der Waals surface area contributed by atoms with Crippen molar-refractivity contribution in [3.05, 3.63) is 61.5 Å². The Morgan fingerprint density at radius 1 is 1.32 bits per heavy atom. The minimum atomic E-state index is -1.15. The second kappa shape index (κ2) is 9.60. The Hall–Kier alpha value is -2.53. The molecule has 0 fully saturated rings. The molecule has 0 aliphatic rings. The van der Waals surface area contributed by atoms with E-state index in [9.17, 15) is 14.9 Å². The Morgan fingerprint density at radius 3 is 2.64 bits per heavy atom. The van der Waals surface area contributed by atoms with Gasteiger partial charge in [0.2, 0.25) is 0 Å². The van der Waals surface area contributed by atoms with E-state index in [1.54, 1.807) is 31.2 Å². The molecule has 0 heterocycles. The summed E-state index contributed by atoms with van der Waals surface area (Å²) in [5.41, 5.74) is 1.48. The molecule has 0 unspecified atom stereocenters. The van der Waals surface area contributed by atoms with Gasteiger partial charge in [-0.1, -0.05) is 29.3 Å². The van der Waals surface area contributed by atoms with Gasteiger partial charge >= 0.3 is 5.97 Å². The van der Waals surface area contributed by atoms with Gasteiger partial charge in [-0.05, 0) is 64.3 Å². The predicted octanol–water partition coefficient (Wildman–Crippen LogP) is 5.07. The van der Waals surface area contributed by atoms with Gasteiger partial charge in [-0.3, -0.25) is 4.79 Å². The van der Waals surface area contributed by atoms with Gasteiger partial charge in [0.1, 0.15) is 11.6 Å². The molecule has 1 amide bonds. The molecule has 2 N–H and O–H groups in total. The van der Waals surface area contributed by atoms with Crippen LogP contribution in [0.15, 0.2) is 40.4 Å². The summed E-state index contributed by atoms with van der Waals surface area (Å²) in [6, 6.07) is 9.92. The third kappa shape index (κ3) is 5.49. The first-order chi connectivity index (χ1) is 13.2. The fourth-order valence-electron chi connectivity index (χ4n) is 2.18. The Kier molecular flexibility index (Phi) is 7.46. The highest BCUT2D eigenvalue weighted by molar-refractivity contribution is 9.10. The number of nitrogens with zero attached hydrogens (tertiary/aromatic N) is 1. The quantitative estimate of drug-likeness (QED) is 0.441. The Bertz CT molecular complexity index is 992. The highest BCUT2D eigenvalue weighted by atomic mass is 79.9. The molecule has 0 radical (unpaired) electrons. The smallest absolute Gasteiger partial charge is 0.341 e. The zero-order valence-corrected chi connectivity index (χ0v) is 17.5. The molecule has 144 valence electrons. The number of aliphatic carboxylic acids is 1. The van der Waals surface area contributed by atoms with Gasteiger partial charge in [0, 0.05) is 10.7 Å². The van der Waals surface area contributed by atoms with E-state index in [-0.39, 0.29) is 16.3 Å². The fourth-order valence-corrected chi connectivity index (χ4v) is 3.35. The summed E-state index contributed by atoms with van der Waals surface area (Å²) in [5.74, 6) is -1.60. The van der Waals surface area contributed by atoms with Gasteiger partial charge in [-0.25, -0.2) is 4.79 Å². The van der Waals surface area contributed by atoms with Crippen molar-refractivity contribution < 1.29 is 19.4 Å². The van der Waals surface area contributed by atoms with E-state index in [2.05, 4.69) is 21.2 Å². The van der Waals surface area contributed by atoms with Crippen LogP contribution in [0.5, 0.6) is 5.75 Å². The lowest BCUT2D eigenvalue weighted by Gasteiger charge is -2.10. The fraction of sp³-hybridized carbons (Fsp3) is 0.105. The third-order valence-corrected chi connectivity index (χ3v) is 4.83. The molecule has 6 nitrogen and oxygen atoms in total. The first-order valence-corrected chi connectivity index (χ1v) is 9.29. The van der Waals surface area contributed by atoms with Crippen LogP contribution >= 0.6 is 39.1 Å². The van der Waals surface area contributed by atoms with Crippen LogP contribution in [-0.2, 0) is 9.59 Å². The van der Waals surface area contributed by atoms with Gasteiger partial charge in [0.05, 0.1) is 9.50 Å². The van der Waals surface area contributed by atoms with Crippen LogP contribution in [0.4, 0.5) is 5.69 Å². The maximum Gasteiger partial charge on any atom is 0.341 e. The topological polar surface area (TPSA) is 99.4 Å².